The zero-order valence-electron chi connectivity index (χ0n) is 29.9. The molecule has 55 heavy (non-hydrogen) atoms. The van der Waals surface area contributed by atoms with Gasteiger partial charge in [0.25, 0.3) is 11.8 Å². The van der Waals surface area contributed by atoms with Gasteiger partial charge in [-0.3, -0.25) is 9.59 Å². The second kappa shape index (κ2) is 14.3. The number of carbonyl (C=O) groups excluding carboxylic acids is 4. The summed E-state index contributed by atoms with van der Waals surface area (Å²) in [6.45, 7) is -0.172. The second-order valence-corrected chi connectivity index (χ2v) is 12.1. The number of fused-ring (bicyclic) bond motifs is 8. The summed E-state index contributed by atoms with van der Waals surface area (Å²) in [5.41, 5.74) is 12.7. The molecule has 0 saturated carbocycles. The van der Waals surface area contributed by atoms with Gasteiger partial charge in [-0.2, -0.15) is 0 Å². The normalized spacial score (nSPS) is 12.5. The van der Waals surface area contributed by atoms with Crippen LogP contribution in [0.3, 0.4) is 0 Å². The van der Waals surface area contributed by atoms with Crippen LogP contribution >= 0.6 is 0 Å². The van der Waals surface area contributed by atoms with Crippen molar-refractivity contribution in [3.05, 3.63) is 82.7 Å². The molecular formula is C38H33FN6O10. The number of aromatic nitrogens is 4. The van der Waals surface area contributed by atoms with Crippen LogP contribution in [0.15, 0.2) is 54.6 Å². The SMILES string of the molecule is COC(=O)c1cc2ccc1-c1nc3c(OC)c(C(N)=O)ccc3n1CCn1c(nc3c(OC)c(C(N)=O)ccc31)-c1c(C(=O)OC)ccc(c1F)OCCO2. The fourth-order valence-electron chi connectivity index (χ4n) is 6.75. The number of carbonyl (C=O) groups is 4. The predicted molar refractivity (Wildman–Crippen MR) is 194 cm³/mol. The van der Waals surface area contributed by atoms with Gasteiger partial charge >= 0.3 is 11.9 Å². The van der Waals surface area contributed by atoms with E-state index < -0.39 is 29.6 Å². The Kier molecular flexibility index (Phi) is 9.44. The number of methoxy groups -OCH3 is 4. The molecule has 8 rings (SSSR count). The Morgan fingerprint density at radius 1 is 0.673 bits per heavy atom. The minimum absolute atomic E-state index is 0.00312. The van der Waals surface area contributed by atoms with E-state index in [0.29, 0.717) is 16.6 Å². The third-order valence-corrected chi connectivity index (χ3v) is 9.22. The van der Waals surface area contributed by atoms with Crippen LogP contribution in [0.25, 0.3) is 44.8 Å². The highest BCUT2D eigenvalue weighted by atomic mass is 19.1. The van der Waals surface area contributed by atoms with Crippen LogP contribution in [0.5, 0.6) is 23.0 Å². The summed E-state index contributed by atoms with van der Waals surface area (Å²) in [4.78, 5) is 61.0. The number of primary amides is 2. The quantitative estimate of drug-likeness (QED) is 0.230. The highest BCUT2D eigenvalue weighted by molar-refractivity contribution is 6.04. The molecule has 17 heteroatoms. The van der Waals surface area contributed by atoms with Gasteiger partial charge in [-0.05, 0) is 54.6 Å². The van der Waals surface area contributed by atoms with E-state index in [1.165, 1.54) is 51.7 Å². The topological polar surface area (TPSA) is 211 Å². The molecule has 0 aliphatic carbocycles. The molecule has 0 saturated heterocycles. The molecule has 6 aromatic rings. The van der Waals surface area contributed by atoms with Crippen LogP contribution in [-0.4, -0.2) is 84.5 Å². The van der Waals surface area contributed by atoms with Crippen molar-refractivity contribution in [3.63, 3.8) is 0 Å². The zero-order valence-corrected chi connectivity index (χ0v) is 29.9. The highest BCUT2D eigenvalue weighted by Crippen LogP contribution is 2.40. The molecule has 4 bridgehead atoms. The van der Waals surface area contributed by atoms with Crippen LogP contribution in [0.1, 0.15) is 41.4 Å². The Balaban J connectivity index is 1.57. The van der Waals surface area contributed by atoms with E-state index in [9.17, 15) is 19.2 Å². The number of nitrogens with two attached hydrogens (primary N) is 2. The molecule has 4 N–H and O–H groups in total. The van der Waals surface area contributed by atoms with Crippen LogP contribution < -0.4 is 30.4 Å². The Morgan fingerprint density at radius 3 is 1.76 bits per heavy atom. The first-order valence-electron chi connectivity index (χ1n) is 16.7. The van der Waals surface area contributed by atoms with Gasteiger partial charge in [-0.1, -0.05) is 0 Å². The lowest BCUT2D eigenvalue weighted by atomic mass is 10.0. The molecule has 2 aliphatic heterocycles. The Hall–Kier alpha value is -7.17. The number of ether oxygens (including phenoxy) is 6. The van der Waals surface area contributed by atoms with Gasteiger partial charge in [0.2, 0.25) is 0 Å². The van der Waals surface area contributed by atoms with Gasteiger partial charge in [0.15, 0.2) is 23.1 Å². The number of hydrogen-bond donors (Lipinski definition) is 2. The van der Waals surface area contributed by atoms with Gasteiger partial charge in [-0.15, -0.1) is 0 Å². The van der Waals surface area contributed by atoms with E-state index >= 15 is 4.39 Å². The summed E-state index contributed by atoms with van der Waals surface area (Å²) in [6.07, 6.45) is 0. The van der Waals surface area contributed by atoms with Crippen molar-refractivity contribution >= 4 is 45.8 Å². The second-order valence-electron chi connectivity index (χ2n) is 12.1. The first kappa shape index (κ1) is 36.2. The molecule has 16 nitrogen and oxygen atoms in total. The van der Waals surface area contributed by atoms with Crippen LogP contribution in [0, 0.1) is 5.82 Å². The predicted octanol–water partition coefficient (Wildman–Crippen LogP) is 4.12. The van der Waals surface area contributed by atoms with Gasteiger partial charge in [-0.25, -0.2) is 23.9 Å². The summed E-state index contributed by atoms with van der Waals surface area (Å²) in [7, 11) is 5.11. The van der Waals surface area contributed by atoms with Crippen LogP contribution in [0.2, 0.25) is 0 Å². The van der Waals surface area contributed by atoms with Gasteiger partial charge in [0, 0.05) is 18.7 Å². The first-order chi connectivity index (χ1) is 26.5. The number of esters is 2. The fourth-order valence-corrected chi connectivity index (χ4v) is 6.75. The average Bonchev–Trinajstić information content (AvgIpc) is 3.74. The summed E-state index contributed by atoms with van der Waals surface area (Å²) >= 11 is 0. The van der Waals surface area contributed by atoms with Gasteiger partial charge in [0.1, 0.15) is 41.6 Å². The van der Waals surface area contributed by atoms with E-state index in [0.717, 1.165) is 7.11 Å². The zero-order chi connectivity index (χ0) is 39.1. The summed E-state index contributed by atoms with van der Waals surface area (Å²) < 4.78 is 53.3. The van der Waals surface area contributed by atoms with Crippen molar-refractivity contribution in [3.8, 4) is 45.8 Å². The standard InChI is InChI=1S/C38H33FN6O10/c1-50-31-21(33(40)46)7-10-24-29(31)42-35-19-6-5-18(17-23(19)38(49)53-4)54-15-16-55-26-12-9-20(37(48)52-3)27(28(26)39)36-43-30-25(45(36)14-13-44(24)35)11-8-22(34(41)47)32(30)51-2/h5-12,17H,13-16H2,1-4H3,(H2,40,46)(H2,41,47). The fraction of sp³-hybridized carbons (Fsp3) is 0.211. The van der Waals surface area contributed by atoms with E-state index in [1.54, 1.807) is 33.4 Å². The Labute approximate surface area is 311 Å². The summed E-state index contributed by atoms with van der Waals surface area (Å²) in [6, 6.07) is 13.6. The lowest BCUT2D eigenvalue weighted by Gasteiger charge is -2.17. The van der Waals surface area contributed by atoms with E-state index in [1.807, 2.05) is 0 Å². The molecule has 4 heterocycles. The number of imidazole rings is 2. The smallest absolute Gasteiger partial charge is 0.338 e. The lowest BCUT2D eigenvalue weighted by Crippen LogP contribution is -2.14. The Morgan fingerprint density at radius 2 is 1.20 bits per heavy atom. The number of rotatable bonds is 6. The first-order valence-corrected chi connectivity index (χ1v) is 16.7. The molecule has 0 unspecified atom stereocenters. The van der Waals surface area contributed by atoms with Crippen molar-refractivity contribution in [2.24, 2.45) is 11.5 Å². The van der Waals surface area contributed by atoms with E-state index in [2.05, 4.69) is 0 Å². The molecule has 2 aliphatic rings. The summed E-state index contributed by atoms with van der Waals surface area (Å²) in [5.74, 6) is -3.59. The number of benzene rings is 4. The molecule has 282 valence electrons. The van der Waals surface area contributed by atoms with Crippen molar-refractivity contribution in [2.45, 2.75) is 13.1 Å². The Bertz CT molecular complexity index is 2580. The average molecular weight is 753 g/mol. The minimum atomic E-state index is -0.924. The number of halogens is 1. The molecule has 0 radical (unpaired) electrons. The maximum atomic E-state index is 16.8. The van der Waals surface area contributed by atoms with E-state index in [-0.39, 0.29) is 99.8 Å². The minimum Gasteiger partial charge on any atom is -0.494 e. The number of amides is 2. The van der Waals surface area contributed by atoms with Crippen LogP contribution in [0.4, 0.5) is 4.39 Å². The van der Waals surface area contributed by atoms with E-state index in [4.69, 9.17) is 49.9 Å². The van der Waals surface area contributed by atoms with Gasteiger partial charge in [0.05, 0.1) is 67.3 Å². The third-order valence-electron chi connectivity index (χ3n) is 9.22. The maximum absolute atomic E-state index is 16.8. The summed E-state index contributed by atoms with van der Waals surface area (Å²) in [5, 5.41) is 0. The molecule has 2 amide bonds. The highest BCUT2D eigenvalue weighted by Gasteiger charge is 2.30. The lowest BCUT2D eigenvalue weighted by molar-refractivity contribution is 0.0592. The number of aryl methyl sites for hydroxylation is 2. The maximum Gasteiger partial charge on any atom is 0.338 e. The molecular weight excluding hydrogens is 719 g/mol. The molecule has 0 fully saturated rings. The number of nitrogens with zero attached hydrogens (tertiary/aromatic N) is 4. The third kappa shape index (κ3) is 6.04. The molecule has 2 aromatic heterocycles. The van der Waals surface area contributed by atoms with Crippen molar-refractivity contribution < 1.29 is 52.0 Å². The molecule has 0 spiro atoms. The van der Waals surface area contributed by atoms with Crippen LogP contribution in [-0.2, 0) is 22.6 Å². The monoisotopic (exact) mass is 752 g/mol. The largest absolute Gasteiger partial charge is 0.494 e. The van der Waals surface area contributed by atoms with Gasteiger partial charge < -0.3 is 49.0 Å². The van der Waals surface area contributed by atoms with Crippen molar-refractivity contribution in [2.75, 3.05) is 41.7 Å². The molecule has 0 atom stereocenters. The number of hydrogen-bond acceptors (Lipinski definition) is 12. The molecule has 4 aromatic carbocycles. The van der Waals surface area contributed by atoms with Crippen molar-refractivity contribution in [1.82, 2.24) is 19.1 Å². The van der Waals surface area contributed by atoms with Crippen molar-refractivity contribution in [1.29, 1.82) is 0 Å².